The highest BCUT2D eigenvalue weighted by Gasteiger charge is 2.10. The fourth-order valence-electron chi connectivity index (χ4n) is 1.83. The molecule has 0 saturated heterocycles. The van der Waals surface area contributed by atoms with Gasteiger partial charge in [-0.2, -0.15) is 9.97 Å². The Balaban J connectivity index is 2.08. The maximum Gasteiger partial charge on any atom is 0.226 e. The van der Waals surface area contributed by atoms with Crippen molar-refractivity contribution in [1.29, 1.82) is 0 Å². The molecule has 2 aromatic heterocycles. The molecule has 0 spiro atoms. The number of halogens is 1. The molecule has 1 aromatic carbocycles. The average molecular weight is 260 g/mol. The monoisotopic (exact) mass is 259 g/mol. The van der Waals surface area contributed by atoms with E-state index in [0.29, 0.717) is 23.5 Å². The van der Waals surface area contributed by atoms with Gasteiger partial charge in [-0.15, -0.1) is 0 Å². The summed E-state index contributed by atoms with van der Waals surface area (Å²) in [6.07, 6.45) is 1.69. The Hall–Kier alpha value is -2.14. The van der Waals surface area contributed by atoms with Gasteiger partial charge in [0.25, 0.3) is 0 Å². The molecule has 0 atom stereocenters. The highest BCUT2D eigenvalue weighted by atomic mass is 35.5. The second kappa shape index (κ2) is 4.27. The Labute approximate surface area is 108 Å². The van der Waals surface area contributed by atoms with E-state index >= 15 is 0 Å². The first kappa shape index (κ1) is 11.0. The number of imidazole rings is 1. The van der Waals surface area contributed by atoms with E-state index in [1.165, 1.54) is 0 Å². The molecule has 0 aliphatic rings. The summed E-state index contributed by atoms with van der Waals surface area (Å²) in [6, 6.07) is 10.0. The number of nitrogens with zero attached hydrogens (tertiary/aromatic N) is 4. The Morgan fingerprint density at radius 2 is 1.94 bits per heavy atom. The lowest BCUT2D eigenvalue weighted by Gasteiger charge is -2.04. The minimum atomic E-state index is 0.134. The lowest BCUT2D eigenvalue weighted by Crippen LogP contribution is -2.01. The fourth-order valence-corrected chi connectivity index (χ4v) is 2.01. The molecule has 18 heavy (non-hydrogen) atoms. The minimum Gasteiger partial charge on any atom is -0.382 e. The predicted octanol–water partition coefficient (Wildman–Crippen LogP) is 2.11. The van der Waals surface area contributed by atoms with Crippen molar-refractivity contribution in [1.82, 2.24) is 19.5 Å². The van der Waals surface area contributed by atoms with Crippen molar-refractivity contribution in [2.75, 3.05) is 5.73 Å². The minimum absolute atomic E-state index is 0.134. The Morgan fingerprint density at radius 3 is 2.72 bits per heavy atom. The average Bonchev–Trinajstić information content (AvgIpc) is 2.74. The van der Waals surface area contributed by atoms with Gasteiger partial charge in [-0.1, -0.05) is 30.3 Å². The van der Waals surface area contributed by atoms with Crippen LogP contribution in [-0.4, -0.2) is 19.5 Å². The van der Waals surface area contributed by atoms with Crippen molar-refractivity contribution in [2.45, 2.75) is 6.54 Å². The number of aromatic nitrogens is 4. The maximum atomic E-state index is 5.81. The van der Waals surface area contributed by atoms with Crippen LogP contribution in [0.2, 0.25) is 5.28 Å². The van der Waals surface area contributed by atoms with Crippen molar-refractivity contribution in [3.05, 3.63) is 47.5 Å². The first-order valence-corrected chi connectivity index (χ1v) is 5.79. The Kier molecular flexibility index (Phi) is 2.60. The molecule has 0 aliphatic carbocycles. The van der Waals surface area contributed by atoms with Crippen LogP contribution in [0.25, 0.3) is 11.2 Å². The molecule has 2 heterocycles. The largest absolute Gasteiger partial charge is 0.382 e. The molecule has 3 rings (SSSR count). The summed E-state index contributed by atoms with van der Waals surface area (Å²) in [6.45, 7) is 0.671. The lowest BCUT2D eigenvalue weighted by atomic mass is 10.2. The number of hydrogen-bond donors (Lipinski definition) is 1. The quantitative estimate of drug-likeness (QED) is 0.716. The predicted molar refractivity (Wildman–Crippen MR) is 70.3 cm³/mol. The molecule has 0 amide bonds. The summed E-state index contributed by atoms with van der Waals surface area (Å²) in [7, 11) is 0. The molecule has 6 heteroatoms. The standard InChI is InChI=1S/C12H10ClN5/c13-12-16-10(14)9-11(17-12)18(7-15-9)6-8-4-2-1-3-5-8/h1-5,7H,6H2,(H2,14,16,17). The summed E-state index contributed by atoms with van der Waals surface area (Å²) >= 11 is 5.81. The van der Waals surface area contributed by atoms with Gasteiger partial charge in [0.1, 0.15) is 5.52 Å². The van der Waals surface area contributed by atoms with Gasteiger partial charge in [0.2, 0.25) is 5.28 Å². The van der Waals surface area contributed by atoms with E-state index in [4.69, 9.17) is 17.3 Å². The normalized spacial score (nSPS) is 10.9. The second-order valence-corrected chi connectivity index (χ2v) is 4.25. The molecule has 0 radical (unpaired) electrons. The molecule has 5 nitrogen and oxygen atoms in total. The van der Waals surface area contributed by atoms with Crippen LogP contribution in [-0.2, 0) is 6.54 Å². The topological polar surface area (TPSA) is 69.6 Å². The number of nitrogens with two attached hydrogens (primary N) is 1. The number of fused-ring (bicyclic) bond motifs is 1. The van der Waals surface area contributed by atoms with Gasteiger partial charge in [0, 0.05) is 0 Å². The summed E-state index contributed by atoms with van der Waals surface area (Å²) in [4.78, 5) is 12.3. The van der Waals surface area contributed by atoms with Gasteiger partial charge in [-0.3, -0.25) is 0 Å². The first-order chi connectivity index (χ1) is 8.74. The van der Waals surface area contributed by atoms with E-state index in [-0.39, 0.29) is 5.28 Å². The molecular weight excluding hydrogens is 250 g/mol. The molecule has 2 N–H and O–H groups in total. The van der Waals surface area contributed by atoms with Gasteiger partial charge >= 0.3 is 0 Å². The molecule has 0 unspecified atom stereocenters. The highest BCUT2D eigenvalue weighted by molar-refractivity contribution is 6.28. The van der Waals surface area contributed by atoms with Crippen LogP contribution in [0.1, 0.15) is 5.56 Å². The van der Waals surface area contributed by atoms with Crippen LogP contribution < -0.4 is 5.73 Å². The fraction of sp³-hybridized carbons (Fsp3) is 0.0833. The third-order valence-corrected chi connectivity index (χ3v) is 2.83. The van der Waals surface area contributed by atoms with Crippen molar-refractivity contribution in [3.63, 3.8) is 0 Å². The number of anilines is 1. The summed E-state index contributed by atoms with van der Waals surface area (Å²) < 4.78 is 1.90. The third kappa shape index (κ3) is 1.89. The zero-order chi connectivity index (χ0) is 12.5. The Morgan fingerprint density at radius 1 is 1.17 bits per heavy atom. The van der Waals surface area contributed by atoms with Crippen LogP contribution >= 0.6 is 11.6 Å². The molecule has 0 bridgehead atoms. The van der Waals surface area contributed by atoms with E-state index in [1.807, 2.05) is 34.9 Å². The van der Waals surface area contributed by atoms with Gasteiger partial charge in [-0.05, 0) is 17.2 Å². The smallest absolute Gasteiger partial charge is 0.226 e. The summed E-state index contributed by atoms with van der Waals surface area (Å²) in [5.41, 5.74) is 8.14. The molecular formula is C12H10ClN5. The van der Waals surface area contributed by atoms with Crippen molar-refractivity contribution < 1.29 is 0 Å². The van der Waals surface area contributed by atoms with Gasteiger partial charge < -0.3 is 10.3 Å². The summed E-state index contributed by atoms with van der Waals surface area (Å²) in [5, 5.41) is 0.134. The van der Waals surface area contributed by atoms with Crippen LogP contribution in [0.15, 0.2) is 36.7 Å². The SMILES string of the molecule is Nc1nc(Cl)nc2c1ncn2Cc1ccccc1. The van der Waals surface area contributed by atoms with E-state index in [9.17, 15) is 0 Å². The van der Waals surface area contributed by atoms with Crippen LogP contribution in [0.3, 0.4) is 0 Å². The number of hydrogen-bond acceptors (Lipinski definition) is 4. The highest BCUT2D eigenvalue weighted by Crippen LogP contribution is 2.18. The Bertz CT molecular complexity index is 692. The van der Waals surface area contributed by atoms with E-state index in [2.05, 4.69) is 15.0 Å². The maximum absolute atomic E-state index is 5.81. The molecule has 0 saturated carbocycles. The third-order valence-electron chi connectivity index (χ3n) is 2.66. The molecule has 90 valence electrons. The van der Waals surface area contributed by atoms with Crippen LogP contribution in [0.5, 0.6) is 0 Å². The zero-order valence-electron chi connectivity index (χ0n) is 9.42. The molecule has 3 aromatic rings. The number of benzene rings is 1. The lowest BCUT2D eigenvalue weighted by molar-refractivity contribution is 0.813. The van der Waals surface area contributed by atoms with Crippen LogP contribution in [0.4, 0.5) is 5.82 Å². The van der Waals surface area contributed by atoms with Gasteiger partial charge in [0.05, 0.1) is 12.9 Å². The van der Waals surface area contributed by atoms with E-state index in [0.717, 1.165) is 5.56 Å². The van der Waals surface area contributed by atoms with E-state index < -0.39 is 0 Å². The van der Waals surface area contributed by atoms with Crippen molar-refractivity contribution in [2.24, 2.45) is 0 Å². The van der Waals surface area contributed by atoms with Crippen molar-refractivity contribution in [3.8, 4) is 0 Å². The van der Waals surface area contributed by atoms with Gasteiger partial charge in [0.15, 0.2) is 11.5 Å². The zero-order valence-corrected chi connectivity index (χ0v) is 10.2. The van der Waals surface area contributed by atoms with Gasteiger partial charge in [-0.25, -0.2) is 4.98 Å². The van der Waals surface area contributed by atoms with Crippen LogP contribution in [0, 0.1) is 0 Å². The number of nitrogen functional groups attached to an aromatic ring is 1. The number of rotatable bonds is 2. The summed E-state index contributed by atoms with van der Waals surface area (Å²) in [5.74, 6) is 0.303. The second-order valence-electron chi connectivity index (χ2n) is 3.91. The first-order valence-electron chi connectivity index (χ1n) is 5.42. The molecule has 0 fully saturated rings. The molecule has 0 aliphatic heterocycles. The van der Waals surface area contributed by atoms with E-state index in [1.54, 1.807) is 6.33 Å². The van der Waals surface area contributed by atoms with Crippen molar-refractivity contribution >= 4 is 28.6 Å².